The lowest BCUT2D eigenvalue weighted by Crippen LogP contribution is -2.52. The van der Waals surface area contributed by atoms with Gasteiger partial charge in [-0.25, -0.2) is 0 Å². The maximum absolute atomic E-state index is 6.90. The fraction of sp³-hybridized carbons (Fsp3) is 0.667. The maximum atomic E-state index is 6.90. The number of hydrogen-bond donors (Lipinski definition) is 0. The SMILES string of the molecule is CC1=CC=CC(OC2C=CC=C(C)C2(C)C(C)(C)C)C1(C)C(C)(C)C. The molecule has 0 aliphatic heterocycles. The van der Waals surface area contributed by atoms with Crippen LogP contribution in [0.2, 0.25) is 0 Å². The molecule has 0 saturated carbocycles. The summed E-state index contributed by atoms with van der Waals surface area (Å²) in [4.78, 5) is 0. The van der Waals surface area contributed by atoms with Gasteiger partial charge in [0.15, 0.2) is 0 Å². The standard InChI is InChI=1S/C24H38O/c1-17-13-11-15-19(23(17,9)21(3,4)5)25-20-16-12-14-18(2)24(20,10)22(6,7)8/h11-16,19-20H,1-10H3. The zero-order valence-corrected chi connectivity index (χ0v) is 18.0. The molecular formula is C24H38O. The van der Waals surface area contributed by atoms with E-state index < -0.39 is 0 Å². The monoisotopic (exact) mass is 342 g/mol. The van der Waals surface area contributed by atoms with Gasteiger partial charge in [-0.3, -0.25) is 0 Å². The van der Waals surface area contributed by atoms with Crippen molar-refractivity contribution in [3.05, 3.63) is 47.6 Å². The quantitative estimate of drug-likeness (QED) is 0.531. The van der Waals surface area contributed by atoms with Crippen LogP contribution in [0, 0.1) is 21.7 Å². The van der Waals surface area contributed by atoms with Gasteiger partial charge in [0.2, 0.25) is 0 Å². The fourth-order valence-corrected chi connectivity index (χ4v) is 4.34. The summed E-state index contributed by atoms with van der Waals surface area (Å²) in [5.74, 6) is 0. The smallest absolute Gasteiger partial charge is 0.0863 e. The second-order valence-electron chi connectivity index (χ2n) is 10.4. The molecule has 0 aromatic carbocycles. The number of rotatable bonds is 2. The minimum Gasteiger partial charge on any atom is -0.365 e. The van der Waals surface area contributed by atoms with Crippen molar-refractivity contribution in [2.24, 2.45) is 21.7 Å². The molecule has 1 nitrogen and oxygen atoms in total. The average Bonchev–Trinajstić information content (AvgIpc) is 2.46. The highest BCUT2D eigenvalue weighted by atomic mass is 16.5. The molecule has 25 heavy (non-hydrogen) atoms. The van der Waals surface area contributed by atoms with E-state index in [0.717, 1.165) is 0 Å². The fourth-order valence-electron chi connectivity index (χ4n) is 4.34. The second-order valence-corrected chi connectivity index (χ2v) is 10.4. The van der Waals surface area contributed by atoms with Crippen LogP contribution >= 0.6 is 0 Å². The highest BCUT2D eigenvalue weighted by Crippen LogP contribution is 2.54. The molecule has 0 fully saturated rings. The third-order valence-electron chi connectivity index (χ3n) is 7.45. The summed E-state index contributed by atoms with van der Waals surface area (Å²) in [5.41, 5.74) is 2.98. The molecule has 0 aromatic heterocycles. The summed E-state index contributed by atoms with van der Waals surface area (Å²) in [6.07, 6.45) is 13.5. The number of hydrogen-bond acceptors (Lipinski definition) is 1. The van der Waals surface area contributed by atoms with Gasteiger partial charge in [-0.05, 0) is 24.7 Å². The van der Waals surface area contributed by atoms with Crippen LogP contribution in [-0.4, -0.2) is 12.2 Å². The van der Waals surface area contributed by atoms with Crippen LogP contribution in [0.25, 0.3) is 0 Å². The van der Waals surface area contributed by atoms with Gasteiger partial charge in [0.05, 0.1) is 12.2 Å². The summed E-state index contributed by atoms with van der Waals surface area (Å²) in [7, 11) is 0. The zero-order valence-electron chi connectivity index (χ0n) is 18.0. The first-order chi connectivity index (χ1) is 11.3. The molecule has 2 rings (SSSR count). The maximum Gasteiger partial charge on any atom is 0.0863 e. The zero-order chi connectivity index (χ0) is 19.3. The largest absolute Gasteiger partial charge is 0.365 e. The normalized spacial score (nSPS) is 36.2. The van der Waals surface area contributed by atoms with Gasteiger partial charge in [-0.15, -0.1) is 0 Å². The van der Waals surface area contributed by atoms with E-state index in [2.05, 4.69) is 106 Å². The second kappa shape index (κ2) is 6.27. The van der Waals surface area contributed by atoms with E-state index in [-0.39, 0.29) is 33.9 Å². The highest BCUT2D eigenvalue weighted by molar-refractivity contribution is 5.33. The van der Waals surface area contributed by atoms with E-state index in [1.807, 2.05) is 0 Å². The van der Waals surface area contributed by atoms with Crippen LogP contribution in [0.3, 0.4) is 0 Å². The Bertz CT molecular complexity index is 576. The van der Waals surface area contributed by atoms with Gasteiger partial charge in [0.25, 0.3) is 0 Å². The van der Waals surface area contributed by atoms with E-state index in [4.69, 9.17) is 4.74 Å². The predicted octanol–water partition coefficient (Wildman–Crippen LogP) is 6.88. The Kier molecular flexibility index (Phi) is 5.07. The van der Waals surface area contributed by atoms with Gasteiger partial charge in [0, 0.05) is 10.8 Å². The molecule has 4 unspecified atom stereocenters. The Morgan fingerprint density at radius 1 is 0.720 bits per heavy atom. The molecule has 2 aliphatic rings. The predicted molar refractivity (Wildman–Crippen MR) is 110 cm³/mol. The molecule has 140 valence electrons. The summed E-state index contributed by atoms with van der Waals surface area (Å²) in [5, 5.41) is 0. The van der Waals surface area contributed by atoms with Gasteiger partial charge < -0.3 is 4.74 Å². The van der Waals surface area contributed by atoms with Crippen LogP contribution in [0.5, 0.6) is 0 Å². The summed E-state index contributed by atoms with van der Waals surface area (Å²) < 4.78 is 6.90. The molecule has 0 bridgehead atoms. The Labute approximate surface area is 155 Å². The molecule has 0 N–H and O–H groups in total. The molecule has 4 atom stereocenters. The number of allylic oxidation sites excluding steroid dienone is 4. The first-order valence-corrected chi connectivity index (χ1v) is 9.63. The third kappa shape index (κ3) is 3.10. The topological polar surface area (TPSA) is 9.23 Å². The first-order valence-electron chi connectivity index (χ1n) is 9.63. The Morgan fingerprint density at radius 2 is 1.04 bits per heavy atom. The molecule has 0 heterocycles. The average molecular weight is 343 g/mol. The van der Waals surface area contributed by atoms with E-state index in [0.29, 0.717) is 0 Å². The molecule has 0 radical (unpaired) electrons. The molecule has 1 heteroatoms. The van der Waals surface area contributed by atoms with Gasteiger partial charge in [-0.2, -0.15) is 0 Å². The van der Waals surface area contributed by atoms with Crippen molar-refractivity contribution in [2.75, 3.05) is 0 Å². The molecule has 0 spiro atoms. The van der Waals surface area contributed by atoms with Crippen LogP contribution in [0.1, 0.15) is 69.2 Å². The van der Waals surface area contributed by atoms with Gasteiger partial charge >= 0.3 is 0 Å². The van der Waals surface area contributed by atoms with Crippen LogP contribution in [0.4, 0.5) is 0 Å². The van der Waals surface area contributed by atoms with Crippen molar-refractivity contribution in [1.82, 2.24) is 0 Å². The molecule has 2 aliphatic carbocycles. The van der Waals surface area contributed by atoms with E-state index in [1.54, 1.807) is 0 Å². The molecule has 0 amide bonds. The number of ether oxygens (including phenoxy) is 1. The van der Waals surface area contributed by atoms with Crippen LogP contribution < -0.4 is 0 Å². The molecule has 0 aromatic rings. The van der Waals surface area contributed by atoms with Crippen LogP contribution in [0.15, 0.2) is 47.6 Å². The summed E-state index contributed by atoms with van der Waals surface area (Å²) in [6.45, 7) is 23.2. The van der Waals surface area contributed by atoms with E-state index in [9.17, 15) is 0 Å². The first kappa shape index (κ1) is 20.2. The van der Waals surface area contributed by atoms with E-state index >= 15 is 0 Å². The minimum absolute atomic E-state index is 0.0244. The Morgan fingerprint density at radius 3 is 1.32 bits per heavy atom. The lowest BCUT2D eigenvalue weighted by atomic mass is 9.58. The lowest BCUT2D eigenvalue weighted by Gasteiger charge is -2.53. The molecule has 0 saturated heterocycles. The summed E-state index contributed by atoms with van der Waals surface area (Å²) in [6, 6.07) is 0. The summed E-state index contributed by atoms with van der Waals surface area (Å²) >= 11 is 0. The van der Waals surface area contributed by atoms with Crippen molar-refractivity contribution in [3.63, 3.8) is 0 Å². The van der Waals surface area contributed by atoms with Crippen molar-refractivity contribution in [3.8, 4) is 0 Å². The van der Waals surface area contributed by atoms with E-state index in [1.165, 1.54) is 11.1 Å². The van der Waals surface area contributed by atoms with Crippen molar-refractivity contribution in [2.45, 2.75) is 81.4 Å². The molecular weight excluding hydrogens is 304 g/mol. The van der Waals surface area contributed by atoms with Crippen molar-refractivity contribution < 1.29 is 4.74 Å². The minimum atomic E-state index is -0.0244. The highest BCUT2D eigenvalue weighted by Gasteiger charge is 2.51. The lowest BCUT2D eigenvalue weighted by molar-refractivity contribution is -0.114. The van der Waals surface area contributed by atoms with Gasteiger partial charge in [-0.1, -0.05) is 103 Å². The van der Waals surface area contributed by atoms with Crippen molar-refractivity contribution in [1.29, 1.82) is 0 Å². The van der Waals surface area contributed by atoms with Gasteiger partial charge in [0.1, 0.15) is 0 Å². The Hall–Kier alpha value is -1.08. The van der Waals surface area contributed by atoms with Crippen LogP contribution in [-0.2, 0) is 4.74 Å². The third-order valence-corrected chi connectivity index (χ3v) is 7.45. The Balaban J connectivity index is 2.44. The van der Waals surface area contributed by atoms with Crippen molar-refractivity contribution >= 4 is 0 Å².